The zero-order valence-electron chi connectivity index (χ0n) is 5.95. The van der Waals surface area contributed by atoms with Crippen LogP contribution in [0.3, 0.4) is 0 Å². The number of alkyl halides is 1. The minimum absolute atomic E-state index is 0.563. The van der Waals surface area contributed by atoms with Gasteiger partial charge in [-0.25, -0.2) is 9.18 Å². The number of carbonyl (C=O) groups excluding carboxylic acids is 1. The Bertz CT molecular complexity index is 179. The van der Waals surface area contributed by atoms with Gasteiger partial charge in [0.25, 0.3) is 0 Å². The molecular formula is C6H9FO4. The van der Waals surface area contributed by atoms with E-state index in [9.17, 15) is 9.18 Å². The summed E-state index contributed by atoms with van der Waals surface area (Å²) in [6.45, 7) is 0.363. The molecule has 0 aromatic rings. The Morgan fingerprint density at radius 2 is 2.36 bits per heavy atom. The summed E-state index contributed by atoms with van der Waals surface area (Å²) in [4.78, 5) is 10.6. The van der Waals surface area contributed by atoms with Gasteiger partial charge in [0.15, 0.2) is 6.10 Å². The summed E-state index contributed by atoms with van der Waals surface area (Å²) < 4.78 is 17.3. The second-order valence-electron chi connectivity index (χ2n) is 2.65. The molecule has 4 nitrogen and oxygen atoms in total. The van der Waals surface area contributed by atoms with Crippen LogP contribution in [0.2, 0.25) is 0 Å². The number of rotatable bonds is 1. The largest absolute Gasteiger partial charge is 0.455 e. The van der Waals surface area contributed by atoms with E-state index >= 15 is 0 Å². The van der Waals surface area contributed by atoms with E-state index in [-0.39, 0.29) is 0 Å². The Labute approximate surface area is 62.6 Å². The molecule has 0 amide bonds. The van der Waals surface area contributed by atoms with Gasteiger partial charge in [-0.1, -0.05) is 0 Å². The molecule has 3 atom stereocenters. The lowest BCUT2D eigenvalue weighted by atomic mass is 10.0. The number of halogens is 1. The minimum Gasteiger partial charge on any atom is -0.455 e. The van der Waals surface area contributed by atoms with E-state index in [4.69, 9.17) is 10.2 Å². The Balaban J connectivity index is 2.80. The summed E-state index contributed by atoms with van der Waals surface area (Å²) in [5.41, 5.74) is -2.38. The average molecular weight is 164 g/mol. The maximum absolute atomic E-state index is 13.0. The lowest BCUT2D eigenvalue weighted by molar-refractivity contribution is -0.150. The van der Waals surface area contributed by atoms with E-state index < -0.39 is 30.5 Å². The first-order valence-corrected chi connectivity index (χ1v) is 3.19. The predicted molar refractivity (Wildman–Crippen MR) is 32.5 cm³/mol. The normalized spacial score (nSPS) is 44.2. The van der Waals surface area contributed by atoms with Crippen LogP contribution in [0.5, 0.6) is 0 Å². The van der Waals surface area contributed by atoms with Crippen LogP contribution >= 0.6 is 0 Å². The molecule has 64 valence electrons. The number of carbonyl (C=O) groups is 1. The fraction of sp³-hybridized carbons (Fsp3) is 0.833. The molecule has 2 N–H and O–H groups in total. The van der Waals surface area contributed by atoms with Crippen LogP contribution in [0, 0.1) is 0 Å². The number of esters is 1. The summed E-state index contributed by atoms with van der Waals surface area (Å²) in [5, 5.41) is 17.5. The highest BCUT2D eigenvalue weighted by molar-refractivity contribution is 5.82. The number of cyclic esters (lactones) is 1. The van der Waals surface area contributed by atoms with E-state index in [2.05, 4.69) is 4.74 Å². The van der Waals surface area contributed by atoms with Crippen LogP contribution in [0.4, 0.5) is 4.39 Å². The topological polar surface area (TPSA) is 66.8 Å². The zero-order valence-corrected chi connectivity index (χ0v) is 5.95. The van der Waals surface area contributed by atoms with E-state index in [0.717, 1.165) is 6.92 Å². The Morgan fingerprint density at radius 1 is 1.82 bits per heavy atom. The Morgan fingerprint density at radius 3 is 2.55 bits per heavy atom. The number of ether oxygens (including phenoxy) is 1. The lowest BCUT2D eigenvalue weighted by Crippen LogP contribution is -2.40. The van der Waals surface area contributed by atoms with Gasteiger partial charge in [-0.15, -0.1) is 0 Å². The number of aliphatic hydroxyl groups is 2. The Kier molecular flexibility index (Phi) is 1.85. The van der Waals surface area contributed by atoms with Gasteiger partial charge in [0, 0.05) is 0 Å². The first-order chi connectivity index (χ1) is 5.00. The van der Waals surface area contributed by atoms with Gasteiger partial charge >= 0.3 is 5.97 Å². The fourth-order valence-electron chi connectivity index (χ4n) is 0.924. The van der Waals surface area contributed by atoms with Gasteiger partial charge in [-0.05, 0) is 6.92 Å². The monoisotopic (exact) mass is 164 g/mol. The van der Waals surface area contributed by atoms with Gasteiger partial charge < -0.3 is 14.9 Å². The number of aliphatic hydroxyl groups excluding tert-OH is 2. The molecule has 0 saturated carbocycles. The SMILES string of the molecule is C[C@@]1(F)C(=O)OC(CO)[C@@H]1O. The van der Waals surface area contributed by atoms with Crippen molar-refractivity contribution in [2.24, 2.45) is 0 Å². The molecule has 5 heteroatoms. The zero-order chi connectivity index (χ0) is 8.65. The molecule has 0 aromatic carbocycles. The quantitative estimate of drug-likeness (QED) is 0.487. The van der Waals surface area contributed by atoms with Crippen molar-refractivity contribution in [2.45, 2.75) is 24.8 Å². The number of hydrogen-bond donors (Lipinski definition) is 2. The maximum atomic E-state index is 13.0. The smallest absolute Gasteiger partial charge is 0.346 e. The molecule has 11 heavy (non-hydrogen) atoms. The summed E-state index contributed by atoms with van der Waals surface area (Å²) in [7, 11) is 0. The molecule has 1 rings (SSSR count). The van der Waals surface area contributed by atoms with Crippen molar-refractivity contribution in [1.82, 2.24) is 0 Å². The summed E-state index contributed by atoms with van der Waals surface area (Å²) in [6.07, 6.45) is -2.70. The van der Waals surface area contributed by atoms with Crippen LogP contribution < -0.4 is 0 Å². The maximum Gasteiger partial charge on any atom is 0.346 e. The second kappa shape index (κ2) is 2.42. The lowest BCUT2D eigenvalue weighted by Gasteiger charge is -2.14. The van der Waals surface area contributed by atoms with Crippen LogP contribution in [0.15, 0.2) is 0 Å². The highest BCUT2D eigenvalue weighted by atomic mass is 19.1. The second-order valence-corrected chi connectivity index (χ2v) is 2.65. The first-order valence-electron chi connectivity index (χ1n) is 3.19. The molecule has 0 spiro atoms. The van der Waals surface area contributed by atoms with E-state index in [1.807, 2.05) is 0 Å². The van der Waals surface area contributed by atoms with Crippen molar-refractivity contribution in [3.8, 4) is 0 Å². The van der Waals surface area contributed by atoms with Crippen molar-refractivity contribution < 1.29 is 24.1 Å². The molecular weight excluding hydrogens is 155 g/mol. The average Bonchev–Trinajstić information content (AvgIpc) is 2.14. The molecule has 1 saturated heterocycles. The van der Waals surface area contributed by atoms with Crippen molar-refractivity contribution in [1.29, 1.82) is 0 Å². The minimum atomic E-state index is -2.38. The van der Waals surface area contributed by atoms with Crippen molar-refractivity contribution in [3.63, 3.8) is 0 Å². The van der Waals surface area contributed by atoms with Gasteiger partial charge in [0.1, 0.15) is 6.10 Å². The van der Waals surface area contributed by atoms with E-state index in [1.54, 1.807) is 0 Å². The Hall–Kier alpha value is -0.680. The third-order valence-electron chi connectivity index (χ3n) is 1.75. The van der Waals surface area contributed by atoms with Crippen molar-refractivity contribution in [3.05, 3.63) is 0 Å². The fourth-order valence-corrected chi connectivity index (χ4v) is 0.924. The standard InChI is InChI=1S/C6H9FO4/c1-6(7)4(9)3(2-8)11-5(6)10/h3-4,8-9H,2H2,1H3/t3?,4-,6-/m0/s1. The molecule has 0 bridgehead atoms. The molecule has 1 heterocycles. The first kappa shape index (κ1) is 8.42. The summed E-state index contributed by atoms with van der Waals surface area (Å²) >= 11 is 0. The highest BCUT2D eigenvalue weighted by Gasteiger charge is 2.54. The van der Waals surface area contributed by atoms with Gasteiger partial charge in [-0.2, -0.15) is 0 Å². The molecule has 1 aliphatic heterocycles. The van der Waals surface area contributed by atoms with Gasteiger partial charge in [0.05, 0.1) is 6.61 Å². The van der Waals surface area contributed by atoms with E-state index in [1.165, 1.54) is 0 Å². The van der Waals surface area contributed by atoms with Crippen molar-refractivity contribution >= 4 is 5.97 Å². The van der Waals surface area contributed by atoms with Crippen LogP contribution in [-0.4, -0.2) is 40.7 Å². The van der Waals surface area contributed by atoms with Crippen molar-refractivity contribution in [2.75, 3.05) is 6.61 Å². The van der Waals surface area contributed by atoms with E-state index in [0.29, 0.717) is 0 Å². The molecule has 0 radical (unpaired) electrons. The van der Waals surface area contributed by atoms with Crippen LogP contribution in [0.25, 0.3) is 0 Å². The van der Waals surface area contributed by atoms with Crippen LogP contribution in [-0.2, 0) is 9.53 Å². The number of hydrogen-bond acceptors (Lipinski definition) is 4. The van der Waals surface area contributed by atoms with Crippen LogP contribution in [0.1, 0.15) is 6.92 Å². The molecule has 1 aliphatic rings. The highest BCUT2D eigenvalue weighted by Crippen LogP contribution is 2.29. The third kappa shape index (κ3) is 1.10. The molecule has 0 aliphatic carbocycles. The predicted octanol–water partition coefficient (Wildman–Crippen LogP) is -1.01. The molecule has 1 fully saturated rings. The van der Waals surface area contributed by atoms with Gasteiger partial charge in [-0.3, -0.25) is 0 Å². The third-order valence-corrected chi connectivity index (χ3v) is 1.75. The summed E-state index contributed by atoms with van der Waals surface area (Å²) in [5.74, 6) is -1.12. The molecule has 1 unspecified atom stereocenters. The van der Waals surface area contributed by atoms with Gasteiger partial charge in [0.2, 0.25) is 5.67 Å². The molecule has 0 aromatic heterocycles. The summed E-state index contributed by atoms with van der Waals surface area (Å²) in [6, 6.07) is 0.